The summed E-state index contributed by atoms with van der Waals surface area (Å²) in [4.78, 5) is 2.51. The van der Waals surface area contributed by atoms with Crippen molar-refractivity contribution in [2.75, 3.05) is 26.2 Å². The van der Waals surface area contributed by atoms with Gasteiger partial charge in [0.2, 0.25) is 0 Å². The summed E-state index contributed by atoms with van der Waals surface area (Å²) in [6, 6.07) is 8.93. The summed E-state index contributed by atoms with van der Waals surface area (Å²) >= 11 is 0. The number of nitrogens with two attached hydrogens (primary N) is 1. The van der Waals surface area contributed by atoms with E-state index in [1.807, 2.05) is 0 Å². The van der Waals surface area contributed by atoms with E-state index in [0.29, 0.717) is 18.7 Å². The molecule has 0 aliphatic carbocycles. The number of benzene rings is 1. The first kappa shape index (κ1) is 14.5. The minimum atomic E-state index is 0.351. The maximum atomic E-state index is 6.02. The molecule has 0 radical (unpaired) electrons. The molecule has 0 saturated carbocycles. The number of ether oxygens (including phenoxy) is 1. The highest BCUT2D eigenvalue weighted by atomic mass is 16.5. The zero-order chi connectivity index (χ0) is 13.7. The van der Waals surface area contributed by atoms with Crippen LogP contribution in [0.4, 0.5) is 0 Å². The number of aryl methyl sites for hydroxylation is 1. The van der Waals surface area contributed by atoms with Crippen molar-refractivity contribution in [1.82, 2.24) is 4.90 Å². The van der Waals surface area contributed by atoms with Crippen molar-refractivity contribution in [3.63, 3.8) is 0 Å². The number of likely N-dealkylation sites (tertiary alicyclic amines) is 1. The molecule has 3 nitrogen and oxygen atoms in total. The number of rotatable bonds is 5. The first-order chi connectivity index (χ1) is 9.26. The first-order valence-electron chi connectivity index (χ1n) is 7.37. The molecule has 2 N–H and O–H groups in total. The van der Waals surface area contributed by atoms with Crippen LogP contribution in [0.3, 0.4) is 0 Å². The zero-order valence-corrected chi connectivity index (χ0v) is 12.1. The van der Waals surface area contributed by atoms with Crippen LogP contribution >= 0.6 is 0 Å². The largest absolute Gasteiger partial charge is 0.378 e. The SMILES string of the molecule is CCOC1CCN(C(CN)c2ccccc2C)CC1. The van der Waals surface area contributed by atoms with Crippen molar-refractivity contribution in [1.29, 1.82) is 0 Å². The third-order valence-electron chi connectivity index (χ3n) is 4.09. The smallest absolute Gasteiger partial charge is 0.0599 e. The van der Waals surface area contributed by atoms with Gasteiger partial charge >= 0.3 is 0 Å². The average Bonchev–Trinajstić information content (AvgIpc) is 2.44. The van der Waals surface area contributed by atoms with E-state index < -0.39 is 0 Å². The van der Waals surface area contributed by atoms with E-state index in [2.05, 4.69) is 43.0 Å². The third-order valence-corrected chi connectivity index (χ3v) is 4.09. The molecule has 1 heterocycles. The Hall–Kier alpha value is -0.900. The minimum Gasteiger partial charge on any atom is -0.378 e. The molecule has 1 atom stereocenters. The summed E-state index contributed by atoms with van der Waals surface area (Å²) < 4.78 is 5.72. The highest BCUT2D eigenvalue weighted by Crippen LogP contribution is 2.26. The second-order valence-corrected chi connectivity index (χ2v) is 5.30. The minimum absolute atomic E-state index is 0.351. The lowest BCUT2D eigenvalue weighted by atomic mass is 9.97. The van der Waals surface area contributed by atoms with Gasteiger partial charge in [-0.1, -0.05) is 24.3 Å². The van der Waals surface area contributed by atoms with E-state index in [1.54, 1.807) is 0 Å². The van der Waals surface area contributed by atoms with Gasteiger partial charge in [0.25, 0.3) is 0 Å². The molecule has 1 aromatic rings. The molecule has 3 heteroatoms. The Bertz CT molecular complexity index is 386. The van der Waals surface area contributed by atoms with Gasteiger partial charge in [-0.3, -0.25) is 4.90 Å². The van der Waals surface area contributed by atoms with Crippen molar-refractivity contribution >= 4 is 0 Å². The van der Waals surface area contributed by atoms with Crippen molar-refractivity contribution in [3.8, 4) is 0 Å². The lowest BCUT2D eigenvalue weighted by molar-refractivity contribution is 0.00446. The van der Waals surface area contributed by atoms with E-state index in [9.17, 15) is 0 Å². The number of piperidine rings is 1. The van der Waals surface area contributed by atoms with E-state index in [-0.39, 0.29) is 0 Å². The van der Waals surface area contributed by atoms with Gasteiger partial charge in [-0.2, -0.15) is 0 Å². The fraction of sp³-hybridized carbons (Fsp3) is 0.625. The molecule has 2 rings (SSSR count). The summed E-state index contributed by atoms with van der Waals surface area (Å²) in [6.07, 6.45) is 2.68. The molecule has 106 valence electrons. The molecule has 0 spiro atoms. The van der Waals surface area contributed by atoms with Crippen LogP contribution in [0.15, 0.2) is 24.3 Å². The molecular formula is C16H26N2O. The van der Waals surface area contributed by atoms with Crippen molar-refractivity contribution < 1.29 is 4.74 Å². The molecule has 0 aromatic heterocycles. The molecule has 1 saturated heterocycles. The summed E-state index contributed by atoms with van der Waals surface area (Å²) in [5.41, 5.74) is 8.74. The van der Waals surface area contributed by atoms with Gasteiger partial charge < -0.3 is 10.5 Å². The van der Waals surface area contributed by atoms with Gasteiger partial charge in [0.15, 0.2) is 0 Å². The second kappa shape index (κ2) is 7.04. The molecular weight excluding hydrogens is 236 g/mol. The van der Waals surface area contributed by atoms with Crippen molar-refractivity contribution in [2.45, 2.75) is 38.8 Å². The van der Waals surface area contributed by atoms with Crippen LogP contribution in [0.1, 0.15) is 36.9 Å². The Labute approximate surface area is 116 Å². The Morgan fingerprint density at radius 2 is 2.00 bits per heavy atom. The number of hydrogen-bond donors (Lipinski definition) is 1. The van der Waals surface area contributed by atoms with Crippen LogP contribution in [0.25, 0.3) is 0 Å². The van der Waals surface area contributed by atoms with E-state index in [1.165, 1.54) is 11.1 Å². The molecule has 1 unspecified atom stereocenters. The highest BCUT2D eigenvalue weighted by Gasteiger charge is 2.26. The van der Waals surface area contributed by atoms with Crippen LogP contribution in [-0.2, 0) is 4.74 Å². The first-order valence-corrected chi connectivity index (χ1v) is 7.37. The Kier molecular flexibility index (Phi) is 5.37. The average molecular weight is 262 g/mol. The normalized spacial score (nSPS) is 19.5. The molecule has 1 fully saturated rings. The van der Waals surface area contributed by atoms with Crippen molar-refractivity contribution in [2.24, 2.45) is 5.73 Å². The van der Waals surface area contributed by atoms with Crippen LogP contribution in [-0.4, -0.2) is 37.2 Å². The van der Waals surface area contributed by atoms with Gasteiger partial charge in [-0.15, -0.1) is 0 Å². The molecule has 1 aliphatic rings. The van der Waals surface area contributed by atoms with Gasteiger partial charge in [-0.25, -0.2) is 0 Å². The summed E-state index contributed by atoms with van der Waals surface area (Å²) in [5, 5.41) is 0. The maximum Gasteiger partial charge on any atom is 0.0599 e. The fourth-order valence-corrected chi connectivity index (χ4v) is 3.02. The predicted octanol–water partition coefficient (Wildman–Crippen LogP) is 2.50. The standard InChI is InChI=1S/C16H26N2O/c1-3-19-14-8-10-18(11-9-14)16(12-17)15-7-5-4-6-13(15)2/h4-7,14,16H,3,8-12,17H2,1-2H3. The topological polar surface area (TPSA) is 38.5 Å². The Balaban J connectivity index is 2.02. The van der Waals surface area contributed by atoms with Gasteiger partial charge in [0, 0.05) is 32.3 Å². The van der Waals surface area contributed by atoms with E-state index in [4.69, 9.17) is 10.5 Å². The maximum absolute atomic E-state index is 6.02. The van der Waals surface area contributed by atoms with Crippen molar-refractivity contribution in [3.05, 3.63) is 35.4 Å². The lowest BCUT2D eigenvalue weighted by Gasteiger charge is -2.37. The van der Waals surface area contributed by atoms with E-state index >= 15 is 0 Å². The second-order valence-electron chi connectivity index (χ2n) is 5.30. The molecule has 0 bridgehead atoms. The van der Waals surface area contributed by atoms with Gasteiger partial charge in [-0.05, 0) is 37.8 Å². The molecule has 19 heavy (non-hydrogen) atoms. The van der Waals surface area contributed by atoms with Crippen LogP contribution in [0.5, 0.6) is 0 Å². The third kappa shape index (κ3) is 3.56. The predicted molar refractivity (Wildman–Crippen MR) is 79.2 cm³/mol. The van der Waals surface area contributed by atoms with Crippen LogP contribution in [0, 0.1) is 6.92 Å². The summed E-state index contributed by atoms with van der Waals surface area (Å²) in [7, 11) is 0. The van der Waals surface area contributed by atoms with Gasteiger partial charge in [0.1, 0.15) is 0 Å². The molecule has 1 aliphatic heterocycles. The Morgan fingerprint density at radius 1 is 1.32 bits per heavy atom. The monoisotopic (exact) mass is 262 g/mol. The summed E-state index contributed by atoms with van der Waals surface area (Å²) in [5.74, 6) is 0. The van der Waals surface area contributed by atoms with Crippen LogP contribution in [0.2, 0.25) is 0 Å². The summed E-state index contributed by atoms with van der Waals surface area (Å²) in [6.45, 7) is 7.92. The van der Waals surface area contributed by atoms with E-state index in [0.717, 1.165) is 32.5 Å². The molecule has 1 aromatic carbocycles. The lowest BCUT2D eigenvalue weighted by Crippen LogP contribution is -2.42. The number of nitrogens with zero attached hydrogens (tertiary/aromatic N) is 1. The zero-order valence-electron chi connectivity index (χ0n) is 12.1. The van der Waals surface area contributed by atoms with Gasteiger partial charge in [0.05, 0.1) is 6.10 Å². The number of hydrogen-bond acceptors (Lipinski definition) is 3. The Morgan fingerprint density at radius 3 is 2.58 bits per heavy atom. The quantitative estimate of drug-likeness (QED) is 0.886. The fourth-order valence-electron chi connectivity index (χ4n) is 3.02. The van der Waals surface area contributed by atoms with Crippen LogP contribution < -0.4 is 5.73 Å². The highest BCUT2D eigenvalue weighted by molar-refractivity contribution is 5.29. The molecule has 0 amide bonds.